The minimum Gasteiger partial charge on any atom is -0.486 e. The normalized spacial score (nSPS) is 10.4. The Morgan fingerprint density at radius 2 is 1.62 bits per heavy atom. The Morgan fingerprint density at radius 1 is 1.00 bits per heavy atom. The van der Waals surface area contributed by atoms with Gasteiger partial charge in [-0.1, -0.05) is 37.6 Å². The van der Waals surface area contributed by atoms with Crippen LogP contribution in [0, 0.1) is 5.82 Å². The monoisotopic (exact) mass is 286 g/mol. The molecule has 0 unspecified atom stereocenters. The molecule has 3 heteroatoms. The molecule has 2 nitrogen and oxygen atoms in total. The highest BCUT2D eigenvalue weighted by atomic mass is 19.1. The summed E-state index contributed by atoms with van der Waals surface area (Å²) in [6.45, 7) is 2.17. The highest BCUT2D eigenvalue weighted by molar-refractivity contribution is 5.82. The highest BCUT2D eigenvalue weighted by Crippen LogP contribution is 2.13. The van der Waals surface area contributed by atoms with Crippen molar-refractivity contribution >= 4 is 5.78 Å². The molecule has 2 aromatic rings. The molecule has 0 heterocycles. The van der Waals surface area contributed by atoms with E-state index in [0.717, 1.165) is 18.4 Å². The Labute approximate surface area is 124 Å². The van der Waals surface area contributed by atoms with Crippen molar-refractivity contribution in [1.29, 1.82) is 0 Å². The van der Waals surface area contributed by atoms with Gasteiger partial charge in [0.25, 0.3) is 0 Å². The second kappa shape index (κ2) is 7.58. The molecule has 0 amide bonds. The topological polar surface area (TPSA) is 26.3 Å². The van der Waals surface area contributed by atoms with Crippen LogP contribution in [0.25, 0.3) is 0 Å². The van der Waals surface area contributed by atoms with Crippen LogP contribution in [-0.2, 0) is 17.6 Å². The van der Waals surface area contributed by atoms with Gasteiger partial charge >= 0.3 is 0 Å². The Morgan fingerprint density at radius 3 is 2.24 bits per heavy atom. The standard InChI is InChI=1S/C18H19FO2/c1-2-3-14-6-10-18(11-7-14)21-13-17(20)12-15-4-8-16(19)9-5-15/h4-11H,2-3,12-13H2,1H3. The molecule has 0 aromatic heterocycles. The van der Waals surface area contributed by atoms with Crippen LogP contribution in [0.5, 0.6) is 5.75 Å². The third-order valence-corrected chi connectivity index (χ3v) is 3.18. The van der Waals surface area contributed by atoms with Crippen LogP contribution < -0.4 is 4.74 Å². The van der Waals surface area contributed by atoms with Gasteiger partial charge in [0.05, 0.1) is 0 Å². The summed E-state index contributed by atoms with van der Waals surface area (Å²) >= 11 is 0. The number of aryl methyl sites for hydroxylation is 1. The molecule has 21 heavy (non-hydrogen) atoms. The van der Waals surface area contributed by atoms with Crippen LogP contribution in [-0.4, -0.2) is 12.4 Å². The van der Waals surface area contributed by atoms with Crippen LogP contribution >= 0.6 is 0 Å². The number of hydrogen-bond acceptors (Lipinski definition) is 2. The summed E-state index contributed by atoms with van der Waals surface area (Å²) in [5.41, 5.74) is 2.06. The lowest BCUT2D eigenvalue weighted by atomic mass is 10.1. The number of halogens is 1. The molecule has 2 rings (SSSR count). The number of ether oxygens (including phenoxy) is 1. The van der Waals surface area contributed by atoms with Gasteiger partial charge in [-0.05, 0) is 41.8 Å². The highest BCUT2D eigenvalue weighted by Gasteiger charge is 2.05. The summed E-state index contributed by atoms with van der Waals surface area (Å²) in [4.78, 5) is 11.8. The predicted octanol–water partition coefficient (Wildman–Crippen LogP) is 3.97. The van der Waals surface area contributed by atoms with Crippen LogP contribution in [0.1, 0.15) is 24.5 Å². The lowest BCUT2D eigenvalue weighted by molar-refractivity contribution is -0.120. The molecule has 0 fully saturated rings. The Bertz CT molecular complexity index is 573. The van der Waals surface area contributed by atoms with E-state index in [0.29, 0.717) is 5.75 Å². The molecular weight excluding hydrogens is 267 g/mol. The molecule has 0 bridgehead atoms. The Hall–Kier alpha value is -2.16. The largest absolute Gasteiger partial charge is 0.486 e. The average molecular weight is 286 g/mol. The second-order valence-electron chi connectivity index (χ2n) is 5.02. The molecule has 0 radical (unpaired) electrons. The van der Waals surface area contributed by atoms with Crippen LogP contribution in [0.15, 0.2) is 48.5 Å². The summed E-state index contributed by atoms with van der Waals surface area (Å²) in [7, 11) is 0. The maximum absolute atomic E-state index is 12.8. The van der Waals surface area contributed by atoms with Crippen LogP contribution in [0.4, 0.5) is 4.39 Å². The first-order valence-corrected chi connectivity index (χ1v) is 7.15. The van der Waals surface area contributed by atoms with E-state index in [-0.39, 0.29) is 24.6 Å². The molecule has 0 N–H and O–H groups in total. The van der Waals surface area contributed by atoms with E-state index < -0.39 is 0 Å². The minimum absolute atomic E-state index is 0.0285. The van der Waals surface area contributed by atoms with E-state index in [4.69, 9.17) is 4.74 Å². The maximum atomic E-state index is 12.8. The SMILES string of the molecule is CCCc1ccc(OCC(=O)Cc2ccc(F)cc2)cc1. The van der Waals surface area contributed by atoms with Gasteiger partial charge in [-0.3, -0.25) is 4.79 Å². The fourth-order valence-corrected chi connectivity index (χ4v) is 2.09. The number of benzene rings is 2. The fourth-order valence-electron chi connectivity index (χ4n) is 2.09. The summed E-state index contributed by atoms with van der Waals surface area (Å²) < 4.78 is 18.2. The van der Waals surface area contributed by atoms with Gasteiger partial charge in [-0.25, -0.2) is 4.39 Å². The fraction of sp³-hybridized carbons (Fsp3) is 0.278. The average Bonchev–Trinajstić information content (AvgIpc) is 2.49. The molecule has 0 saturated heterocycles. The molecule has 110 valence electrons. The van der Waals surface area contributed by atoms with E-state index in [2.05, 4.69) is 6.92 Å². The van der Waals surface area contributed by atoms with Gasteiger partial charge < -0.3 is 4.74 Å². The van der Waals surface area contributed by atoms with E-state index in [1.165, 1.54) is 17.7 Å². The van der Waals surface area contributed by atoms with Gasteiger partial charge in [-0.2, -0.15) is 0 Å². The number of rotatable bonds is 7. The van der Waals surface area contributed by atoms with Gasteiger partial charge in [0.1, 0.15) is 18.2 Å². The van der Waals surface area contributed by atoms with Crippen LogP contribution in [0.2, 0.25) is 0 Å². The van der Waals surface area contributed by atoms with E-state index in [1.54, 1.807) is 12.1 Å². The Balaban J connectivity index is 1.81. The summed E-state index contributed by atoms with van der Waals surface area (Å²) in [6.07, 6.45) is 2.41. The summed E-state index contributed by atoms with van der Waals surface area (Å²) in [5.74, 6) is 0.371. The van der Waals surface area contributed by atoms with Crippen molar-refractivity contribution < 1.29 is 13.9 Å². The minimum atomic E-state index is -0.297. The van der Waals surface area contributed by atoms with Crippen molar-refractivity contribution in [3.05, 3.63) is 65.5 Å². The molecule has 0 atom stereocenters. The zero-order valence-electron chi connectivity index (χ0n) is 12.1. The number of carbonyl (C=O) groups excluding carboxylic acids is 1. The van der Waals surface area contributed by atoms with Crippen molar-refractivity contribution in [2.45, 2.75) is 26.2 Å². The van der Waals surface area contributed by atoms with Crippen molar-refractivity contribution in [1.82, 2.24) is 0 Å². The molecule has 0 aliphatic carbocycles. The Kier molecular flexibility index (Phi) is 5.50. The molecule has 0 aliphatic rings. The van der Waals surface area contributed by atoms with Crippen LogP contribution in [0.3, 0.4) is 0 Å². The summed E-state index contributed by atoms with van der Waals surface area (Å²) in [6, 6.07) is 13.8. The zero-order chi connectivity index (χ0) is 15.1. The first-order valence-electron chi connectivity index (χ1n) is 7.15. The van der Waals surface area contributed by atoms with Crippen molar-refractivity contribution in [2.75, 3.05) is 6.61 Å². The molecular formula is C18H19FO2. The number of ketones is 1. The molecule has 0 aliphatic heterocycles. The van der Waals surface area contributed by atoms with E-state index in [9.17, 15) is 9.18 Å². The number of hydrogen-bond donors (Lipinski definition) is 0. The quantitative estimate of drug-likeness (QED) is 0.770. The predicted molar refractivity (Wildman–Crippen MR) is 81.0 cm³/mol. The maximum Gasteiger partial charge on any atom is 0.174 e. The first kappa shape index (κ1) is 15.2. The molecule has 0 saturated carbocycles. The second-order valence-corrected chi connectivity index (χ2v) is 5.02. The molecule has 2 aromatic carbocycles. The zero-order valence-corrected chi connectivity index (χ0v) is 12.1. The third-order valence-electron chi connectivity index (χ3n) is 3.18. The van der Waals surface area contributed by atoms with Gasteiger partial charge in [0, 0.05) is 6.42 Å². The van der Waals surface area contributed by atoms with Crippen molar-refractivity contribution in [3.8, 4) is 5.75 Å². The molecule has 0 spiro atoms. The van der Waals surface area contributed by atoms with Crippen molar-refractivity contribution in [2.24, 2.45) is 0 Å². The smallest absolute Gasteiger partial charge is 0.174 e. The van der Waals surface area contributed by atoms with E-state index in [1.807, 2.05) is 24.3 Å². The lowest BCUT2D eigenvalue weighted by Gasteiger charge is -2.06. The third kappa shape index (κ3) is 5.03. The van der Waals surface area contributed by atoms with E-state index >= 15 is 0 Å². The number of carbonyl (C=O) groups is 1. The lowest BCUT2D eigenvalue weighted by Crippen LogP contribution is -2.13. The van der Waals surface area contributed by atoms with Gasteiger partial charge in [0.15, 0.2) is 5.78 Å². The summed E-state index contributed by atoms with van der Waals surface area (Å²) in [5, 5.41) is 0. The number of Topliss-reactive ketones (excluding diaryl/α,β-unsaturated/α-hetero) is 1. The van der Waals surface area contributed by atoms with Gasteiger partial charge in [-0.15, -0.1) is 0 Å². The first-order chi connectivity index (χ1) is 10.2. The van der Waals surface area contributed by atoms with Crippen molar-refractivity contribution in [3.63, 3.8) is 0 Å². The van der Waals surface area contributed by atoms with Gasteiger partial charge in [0.2, 0.25) is 0 Å².